The van der Waals surface area contributed by atoms with Crippen molar-refractivity contribution in [3.63, 3.8) is 0 Å². The predicted molar refractivity (Wildman–Crippen MR) is 86.0 cm³/mol. The van der Waals surface area contributed by atoms with Gasteiger partial charge in [0.1, 0.15) is 5.58 Å². The molecule has 1 aliphatic heterocycles. The largest absolute Gasteiger partial charge is 0.464 e. The zero-order valence-electron chi connectivity index (χ0n) is 13.7. The monoisotopic (exact) mass is 301 g/mol. The van der Waals surface area contributed by atoms with Gasteiger partial charge in [0.05, 0.1) is 24.9 Å². The van der Waals surface area contributed by atoms with E-state index < -0.39 is 0 Å². The number of carbonyl (C=O) groups excluding carboxylic acids is 1. The molecule has 0 aliphatic carbocycles. The number of furan rings is 1. The van der Waals surface area contributed by atoms with Crippen molar-refractivity contribution in [3.05, 3.63) is 35.1 Å². The van der Waals surface area contributed by atoms with Gasteiger partial charge >= 0.3 is 0 Å². The molecular formula is C18H23NO3. The number of morpholine rings is 1. The lowest BCUT2D eigenvalue weighted by Gasteiger charge is -2.35. The average molecular weight is 301 g/mol. The molecule has 0 N–H and O–H groups in total. The summed E-state index contributed by atoms with van der Waals surface area (Å²) in [4.78, 5) is 14.5. The topological polar surface area (TPSA) is 42.7 Å². The van der Waals surface area contributed by atoms with E-state index >= 15 is 0 Å². The fraction of sp³-hybridized carbons (Fsp3) is 0.500. The molecule has 1 aliphatic rings. The molecule has 1 saturated heterocycles. The van der Waals surface area contributed by atoms with Gasteiger partial charge in [0.2, 0.25) is 5.91 Å². The van der Waals surface area contributed by atoms with Crippen molar-refractivity contribution in [3.8, 4) is 0 Å². The van der Waals surface area contributed by atoms with Gasteiger partial charge in [0.25, 0.3) is 0 Å². The molecule has 0 radical (unpaired) electrons. The smallest absolute Gasteiger partial charge is 0.227 e. The lowest BCUT2D eigenvalue weighted by atomic mass is 10.0. The Morgan fingerprint density at radius 3 is 2.59 bits per heavy atom. The van der Waals surface area contributed by atoms with Crippen LogP contribution < -0.4 is 0 Å². The van der Waals surface area contributed by atoms with Gasteiger partial charge in [0.15, 0.2) is 0 Å². The summed E-state index contributed by atoms with van der Waals surface area (Å²) in [5.41, 5.74) is 4.21. The quantitative estimate of drug-likeness (QED) is 0.855. The highest BCUT2D eigenvalue weighted by Gasteiger charge is 2.26. The van der Waals surface area contributed by atoms with Crippen molar-refractivity contribution in [1.29, 1.82) is 0 Å². The Morgan fingerprint density at radius 1 is 1.23 bits per heavy atom. The molecule has 118 valence electrons. The van der Waals surface area contributed by atoms with Crippen LogP contribution in [0, 0.1) is 13.8 Å². The predicted octanol–water partition coefficient (Wildman–Crippen LogP) is 3.23. The van der Waals surface area contributed by atoms with Gasteiger partial charge in [-0.1, -0.05) is 12.1 Å². The molecule has 4 nitrogen and oxygen atoms in total. The van der Waals surface area contributed by atoms with E-state index in [1.54, 1.807) is 6.26 Å². The van der Waals surface area contributed by atoms with Gasteiger partial charge < -0.3 is 14.1 Å². The van der Waals surface area contributed by atoms with Crippen LogP contribution in [0.1, 0.15) is 30.5 Å². The first-order valence-electron chi connectivity index (χ1n) is 7.85. The van der Waals surface area contributed by atoms with Crippen molar-refractivity contribution < 1.29 is 13.9 Å². The number of ether oxygens (including phenoxy) is 1. The summed E-state index contributed by atoms with van der Waals surface area (Å²) in [7, 11) is 0. The van der Waals surface area contributed by atoms with Gasteiger partial charge in [-0.3, -0.25) is 4.79 Å². The van der Waals surface area contributed by atoms with Crippen LogP contribution in [-0.2, 0) is 16.0 Å². The molecule has 1 fully saturated rings. The van der Waals surface area contributed by atoms with Crippen molar-refractivity contribution in [1.82, 2.24) is 4.90 Å². The molecule has 1 aromatic heterocycles. The van der Waals surface area contributed by atoms with E-state index in [-0.39, 0.29) is 18.1 Å². The molecule has 22 heavy (non-hydrogen) atoms. The maximum absolute atomic E-state index is 12.6. The molecule has 2 unspecified atom stereocenters. The van der Waals surface area contributed by atoms with Crippen molar-refractivity contribution >= 4 is 16.9 Å². The zero-order valence-corrected chi connectivity index (χ0v) is 13.7. The van der Waals surface area contributed by atoms with Crippen LogP contribution in [-0.4, -0.2) is 36.1 Å². The normalized spacial score (nSPS) is 22.3. The Bertz CT molecular complexity index is 694. The number of amides is 1. The molecule has 0 saturated carbocycles. The van der Waals surface area contributed by atoms with Crippen LogP contribution in [0.3, 0.4) is 0 Å². The fourth-order valence-electron chi connectivity index (χ4n) is 3.18. The van der Waals surface area contributed by atoms with E-state index in [1.165, 1.54) is 5.56 Å². The summed E-state index contributed by atoms with van der Waals surface area (Å²) in [5, 5.41) is 1.05. The van der Waals surface area contributed by atoms with Crippen molar-refractivity contribution in [2.75, 3.05) is 13.1 Å². The molecule has 0 spiro atoms. The standard InChI is InChI=1S/C18H23NO3/c1-11-5-6-16-15(10-21-18(16)14(11)4)7-17(20)19-8-12(2)22-13(3)9-19/h5-6,10,12-13H,7-9H2,1-4H3. The number of benzene rings is 1. The number of hydrogen-bond donors (Lipinski definition) is 0. The van der Waals surface area contributed by atoms with Crippen LogP contribution in [0.2, 0.25) is 0 Å². The van der Waals surface area contributed by atoms with Crippen molar-refractivity contribution in [2.24, 2.45) is 0 Å². The van der Waals surface area contributed by atoms with Gasteiger partial charge in [-0.25, -0.2) is 0 Å². The Balaban J connectivity index is 1.81. The summed E-state index contributed by atoms with van der Waals surface area (Å²) in [6, 6.07) is 4.13. The lowest BCUT2D eigenvalue weighted by molar-refractivity contribution is -0.142. The second kappa shape index (κ2) is 5.76. The van der Waals surface area contributed by atoms with Gasteiger partial charge in [-0.15, -0.1) is 0 Å². The third-order valence-electron chi connectivity index (χ3n) is 4.46. The molecule has 4 heteroatoms. The number of carbonyl (C=O) groups is 1. The maximum atomic E-state index is 12.6. The molecule has 2 heterocycles. The fourth-order valence-corrected chi connectivity index (χ4v) is 3.18. The third kappa shape index (κ3) is 2.75. The molecule has 0 bridgehead atoms. The van der Waals surface area contributed by atoms with E-state index in [0.717, 1.165) is 22.1 Å². The highest BCUT2D eigenvalue weighted by Crippen LogP contribution is 2.27. The zero-order chi connectivity index (χ0) is 15.9. The maximum Gasteiger partial charge on any atom is 0.227 e. The molecular weight excluding hydrogens is 278 g/mol. The Kier molecular flexibility index (Phi) is 3.96. The van der Waals surface area contributed by atoms with Gasteiger partial charge in [0, 0.05) is 24.0 Å². The SMILES string of the molecule is Cc1ccc2c(CC(=O)N3CC(C)OC(C)C3)coc2c1C. The number of fused-ring (bicyclic) bond motifs is 1. The summed E-state index contributed by atoms with van der Waals surface area (Å²) in [5.74, 6) is 0.142. The van der Waals surface area contributed by atoms with Crippen LogP contribution in [0.5, 0.6) is 0 Å². The lowest BCUT2D eigenvalue weighted by Crippen LogP contribution is -2.48. The van der Waals surface area contributed by atoms with Crippen molar-refractivity contribution in [2.45, 2.75) is 46.3 Å². The number of nitrogens with zero attached hydrogens (tertiary/aromatic N) is 1. The minimum Gasteiger partial charge on any atom is -0.464 e. The Morgan fingerprint density at radius 2 is 1.91 bits per heavy atom. The van der Waals surface area contributed by atoms with E-state index in [4.69, 9.17) is 9.15 Å². The number of aryl methyl sites for hydroxylation is 2. The average Bonchev–Trinajstić information content (AvgIpc) is 2.85. The Hall–Kier alpha value is -1.81. The number of rotatable bonds is 2. The van der Waals surface area contributed by atoms with Crippen LogP contribution in [0.25, 0.3) is 11.0 Å². The van der Waals surface area contributed by atoms with Crippen LogP contribution in [0.4, 0.5) is 0 Å². The van der Waals surface area contributed by atoms with Gasteiger partial charge in [-0.05, 0) is 38.8 Å². The first-order chi connectivity index (χ1) is 10.5. The van der Waals surface area contributed by atoms with E-state index in [9.17, 15) is 4.79 Å². The molecule has 2 aromatic rings. The summed E-state index contributed by atoms with van der Waals surface area (Å²) >= 11 is 0. The molecule has 2 atom stereocenters. The second-order valence-electron chi connectivity index (χ2n) is 6.38. The first kappa shape index (κ1) is 15.1. The van der Waals surface area contributed by atoms with E-state index in [0.29, 0.717) is 19.5 Å². The van der Waals surface area contributed by atoms with Crippen LogP contribution in [0.15, 0.2) is 22.8 Å². The molecule has 1 aromatic carbocycles. The number of hydrogen-bond acceptors (Lipinski definition) is 3. The summed E-state index contributed by atoms with van der Waals surface area (Å²) in [6.07, 6.45) is 2.30. The van der Waals surface area contributed by atoms with Crippen LogP contribution >= 0.6 is 0 Å². The Labute approximate surface area is 131 Å². The van der Waals surface area contributed by atoms with Gasteiger partial charge in [-0.2, -0.15) is 0 Å². The second-order valence-corrected chi connectivity index (χ2v) is 6.38. The highest BCUT2D eigenvalue weighted by molar-refractivity contribution is 5.89. The van der Waals surface area contributed by atoms with E-state index in [1.807, 2.05) is 24.8 Å². The molecule has 1 amide bonds. The molecule has 3 rings (SSSR count). The summed E-state index contributed by atoms with van der Waals surface area (Å²) < 4.78 is 11.4. The minimum atomic E-state index is 0.0960. The summed E-state index contributed by atoms with van der Waals surface area (Å²) in [6.45, 7) is 9.47. The minimum absolute atomic E-state index is 0.0960. The van der Waals surface area contributed by atoms with E-state index in [2.05, 4.69) is 19.9 Å². The highest BCUT2D eigenvalue weighted by atomic mass is 16.5. The third-order valence-corrected chi connectivity index (χ3v) is 4.46. The first-order valence-corrected chi connectivity index (χ1v) is 7.85.